The van der Waals surface area contributed by atoms with E-state index in [2.05, 4.69) is 4.98 Å². The summed E-state index contributed by atoms with van der Waals surface area (Å²) in [7, 11) is 0. The van der Waals surface area contributed by atoms with Crippen molar-refractivity contribution in [1.82, 2.24) is 9.88 Å². The van der Waals surface area contributed by atoms with Gasteiger partial charge in [0.2, 0.25) is 0 Å². The summed E-state index contributed by atoms with van der Waals surface area (Å²) >= 11 is 0. The van der Waals surface area contributed by atoms with Crippen molar-refractivity contribution in [3.05, 3.63) is 53.3 Å². The van der Waals surface area contributed by atoms with Gasteiger partial charge in [-0.2, -0.15) is 0 Å². The summed E-state index contributed by atoms with van der Waals surface area (Å²) in [6, 6.07) is 7.42. The average molecular weight is 386 g/mol. The number of hydrogen-bond acceptors (Lipinski definition) is 7. The lowest BCUT2D eigenvalue weighted by Crippen LogP contribution is -2.51. The van der Waals surface area contributed by atoms with E-state index in [0.29, 0.717) is 30.7 Å². The van der Waals surface area contributed by atoms with Gasteiger partial charge in [-0.15, -0.1) is 0 Å². The highest BCUT2D eigenvalue weighted by Crippen LogP contribution is 2.26. The number of aldehydes is 1. The van der Waals surface area contributed by atoms with Gasteiger partial charge < -0.3 is 24.6 Å². The van der Waals surface area contributed by atoms with Crippen LogP contribution in [0.15, 0.2) is 36.5 Å². The number of aliphatic hydroxyl groups excluding tert-OH is 1. The molecule has 1 aliphatic heterocycles. The molecule has 148 valence electrons. The molecule has 0 saturated carbocycles. The number of phenols is 1. The van der Waals surface area contributed by atoms with Crippen LogP contribution in [0.5, 0.6) is 11.5 Å². The maximum Gasteiger partial charge on any atom is 0.256 e. The van der Waals surface area contributed by atoms with Crippen molar-refractivity contribution in [1.29, 1.82) is 0 Å². The Morgan fingerprint density at radius 3 is 3.00 bits per heavy atom. The Kier molecular flexibility index (Phi) is 6.23. The smallest absolute Gasteiger partial charge is 0.256 e. The summed E-state index contributed by atoms with van der Waals surface area (Å²) < 4.78 is 11.2. The third-order valence-corrected chi connectivity index (χ3v) is 4.55. The van der Waals surface area contributed by atoms with Crippen LogP contribution in [-0.2, 0) is 4.74 Å². The summed E-state index contributed by atoms with van der Waals surface area (Å²) in [6.45, 7) is 2.66. The molecule has 1 aromatic heterocycles. The molecule has 0 bridgehead atoms. The highest BCUT2D eigenvalue weighted by atomic mass is 16.5. The molecule has 8 nitrogen and oxygen atoms in total. The molecule has 2 unspecified atom stereocenters. The second-order valence-corrected chi connectivity index (χ2v) is 6.46. The van der Waals surface area contributed by atoms with E-state index >= 15 is 0 Å². The minimum absolute atomic E-state index is 0.0563. The number of aliphatic hydroxyl groups is 1. The summed E-state index contributed by atoms with van der Waals surface area (Å²) in [5.41, 5.74) is 0.700. The highest BCUT2D eigenvalue weighted by molar-refractivity contribution is 5.95. The van der Waals surface area contributed by atoms with E-state index in [0.717, 1.165) is 0 Å². The van der Waals surface area contributed by atoms with E-state index in [-0.39, 0.29) is 36.2 Å². The number of aromatic hydroxyl groups is 1. The van der Waals surface area contributed by atoms with Crippen LogP contribution < -0.4 is 4.74 Å². The first-order valence-corrected chi connectivity index (χ1v) is 8.94. The number of amides is 1. The zero-order chi connectivity index (χ0) is 20.1. The Morgan fingerprint density at radius 1 is 1.43 bits per heavy atom. The first kappa shape index (κ1) is 19.8. The number of nitrogens with zero attached hydrogens (tertiary/aromatic N) is 2. The third kappa shape index (κ3) is 4.13. The van der Waals surface area contributed by atoms with Crippen molar-refractivity contribution in [2.75, 3.05) is 26.4 Å². The predicted octanol–water partition coefficient (Wildman–Crippen LogP) is 1.57. The molecule has 0 spiro atoms. The highest BCUT2D eigenvalue weighted by Gasteiger charge is 2.31. The fourth-order valence-corrected chi connectivity index (χ4v) is 3.11. The monoisotopic (exact) mass is 386 g/mol. The van der Waals surface area contributed by atoms with Gasteiger partial charge in [0.15, 0.2) is 6.29 Å². The van der Waals surface area contributed by atoms with E-state index in [9.17, 15) is 19.8 Å². The largest absolute Gasteiger partial charge is 0.507 e. The maximum atomic E-state index is 13.1. The SMILES string of the molecule is CC(O)c1ncccc1C(=O)N1CCOCC1COc1cccc(O)c1C=O. The Labute approximate surface area is 162 Å². The van der Waals surface area contributed by atoms with Crippen LogP contribution in [-0.4, -0.2) is 64.7 Å². The second-order valence-electron chi connectivity index (χ2n) is 6.46. The van der Waals surface area contributed by atoms with Gasteiger partial charge in [0.1, 0.15) is 18.1 Å². The molecule has 1 saturated heterocycles. The van der Waals surface area contributed by atoms with Crippen LogP contribution in [0, 0.1) is 0 Å². The van der Waals surface area contributed by atoms with Crippen LogP contribution in [0.4, 0.5) is 0 Å². The molecule has 0 radical (unpaired) electrons. The summed E-state index contributed by atoms with van der Waals surface area (Å²) in [5, 5.41) is 19.7. The molecule has 1 aromatic carbocycles. The lowest BCUT2D eigenvalue weighted by Gasteiger charge is -2.35. The molecule has 2 heterocycles. The average Bonchev–Trinajstić information content (AvgIpc) is 2.72. The molecule has 2 N–H and O–H groups in total. The van der Waals surface area contributed by atoms with Crippen molar-refractivity contribution in [2.45, 2.75) is 19.1 Å². The fraction of sp³-hybridized carbons (Fsp3) is 0.350. The molecule has 28 heavy (non-hydrogen) atoms. The second kappa shape index (κ2) is 8.81. The molecule has 1 amide bonds. The third-order valence-electron chi connectivity index (χ3n) is 4.55. The molecular weight excluding hydrogens is 364 g/mol. The minimum Gasteiger partial charge on any atom is -0.507 e. The van der Waals surface area contributed by atoms with Crippen molar-refractivity contribution in [3.8, 4) is 11.5 Å². The van der Waals surface area contributed by atoms with Gasteiger partial charge in [-0.05, 0) is 31.2 Å². The molecule has 1 fully saturated rings. The quantitative estimate of drug-likeness (QED) is 0.725. The van der Waals surface area contributed by atoms with Crippen molar-refractivity contribution in [3.63, 3.8) is 0 Å². The van der Waals surface area contributed by atoms with Gasteiger partial charge in [0.25, 0.3) is 5.91 Å². The van der Waals surface area contributed by atoms with Crippen molar-refractivity contribution in [2.24, 2.45) is 0 Å². The van der Waals surface area contributed by atoms with Gasteiger partial charge in [-0.3, -0.25) is 14.6 Å². The van der Waals surface area contributed by atoms with Crippen LogP contribution in [0.3, 0.4) is 0 Å². The zero-order valence-electron chi connectivity index (χ0n) is 15.4. The number of pyridine rings is 1. The standard InChI is InChI=1S/C20H22N2O6/c1-13(24)19-15(4-3-7-21-19)20(26)22-8-9-27-11-14(22)12-28-18-6-2-5-17(25)16(18)10-23/h2-7,10,13-14,24-25H,8-9,11-12H2,1H3. The number of aromatic nitrogens is 1. The summed E-state index contributed by atoms with van der Waals surface area (Å²) in [4.78, 5) is 30.0. The number of hydrogen-bond donors (Lipinski definition) is 2. The van der Waals surface area contributed by atoms with E-state index in [1.165, 1.54) is 12.3 Å². The number of carbonyl (C=O) groups excluding carboxylic acids is 2. The van der Waals surface area contributed by atoms with Crippen molar-refractivity contribution < 1.29 is 29.3 Å². The lowest BCUT2D eigenvalue weighted by molar-refractivity contribution is -0.0153. The predicted molar refractivity (Wildman–Crippen MR) is 99.5 cm³/mol. The number of carbonyl (C=O) groups is 2. The normalized spacial score (nSPS) is 17.8. The van der Waals surface area contributed by atoms with Gasteiger partial charge in [-0.25, -0.2) is 0 Å². The van der Waals surface area contributed by atoms with Crippen LogP contribution in [0.25, 0.3) is 0 Å². The lowest BCUT2D eigenvalue weighted by atomic mass is 10.1. The van der Waals surface area contributed by atoms with Gasteiger partial charge in [-0.1, -0.05) is 6.07 Å². The molecule has 2 aromatic rings. The van der Waals surface area contributed by atoms with Crippen LogP contribution >= 0.6 is 0 Å². The summed E-state index contributed by atoms with van der Waals surface area (Å²) in [5.74, 6) is -0.205. The molecule has 2 atom stereocenters. The minimum atomic E-state index is -0.877. The Hall–Kier alpha value is -2.97. The summed E-state index contributed by atoms with van der Waals surface area (Å²) in [6.07, 6.45) is 1.18. The van der Waals surface area contributed by atoms with Gasteiger partial charge in [0.05, 0.1) is 42.2 Å². The number of phenolic OH excluding ortho intramolecular Hbond substituents is 1. The van der Waals surface area contributed by atoms with Gasteiger partial charge in [0, 0.05) is 12.7 Å². The van der Waals surface area contributed by atoms with E-state index in [4.69, 9.17) is 9.47 Å². The number of benzene rings is 1. The molecule has 8 heteroatoms. The van der Waals surface area contributed by atoms with E-state index < -0.39 is 12.1 Å². The number of ether oxygens (including phenoxy) is 2. The first-order valence-electron chi connectivity index (χ1n) is 8.94. The first-order chi connectivity index (χ1) is 13.5. The number of rotatable bonds is 6. The molecular formula is C20H22N2O6. The number of morpholine rings is 1. The van der Waals surface area contributed by atoms with E-state index in [1.807, 2.05) is 0 Å². The Balaban J connectivity index is 1.79. The van der Waals surface area contributed by atoms with Gasteiger partial charge >= 0.3 is 0 Å². The topological polar surface area (TPSA) is 109 Å². The molecule has 0 aliphatic carbocycles. The zero-order valence-corrected chi connectivity index (χ0v) is 15.4. The molecule has 3 rings (SSSR count). The molecule has 1 aliphatic rings. The van der Waals surface area contributed by atoms with E-state index in [1.54, 1.807) is 36.1 Å². The van der Waals surface area contributed by atoms with Crippen LogP contribution in [0.1, 0.15) is 39.4 Å². The fourth-order valence-electron chi connectivity index (χ4n) is 3.11. The van der Waals surface area contributed by atoms with Crippen LogP contribution in [0.2, 0.25) is 0 Å². The Bertz CT molecular complexity index is 854. The Morgan fingerprint density at radius 2 is 2.25 bits per heavy atom. The maximum absolute atomic E-state index is 13.1. The van der Waals surface area contributed by atoms with Crippen molar-refractivity contribution >= 4 is 12.2 Å².